The van der Waals surface area contributed by atoms with E-state index in [-0.39, 0.29) is 5.56 Å². The lowest BCUT2D eigenvalue weighted by molar-refractivity contribution is 0.0675. The summed E-state index contributed by atoms with van der Waals surface area (Å²) in [4.78, 5) is 24.3. The van der Waals surface area contributed by atoms with Crippen LogP contribution in [0.5, 0.6) is 11.5 Å². The van der Waals surface area contributed by atoms with Gasteiger partial charge >= 0.3 is 0 Å². The molecule has 0 unspecified atom stereocenters. The molecule has 1 fully saturated rings. The molecule has 0 amide bonds. The Hall–Kier alpha value is -3.07. The summed E-state index contributed by atoms with van der Waals surface area (Å²) >= 11 is 0. The molecule has 1 atom stereocenters. The molecule has 0 saturated carbocycles. The summed E-state index contributed by atoms with van der Waals surface area (Å²) in [6, 6.07) is 6.96. The van der Waals surface area contributed by atoms with Crippen molar-refractivity contribution in [3.8, 4) is 11.5 Å². The number of aromatic nitrogens is 2. The molecular weight excluding hydrogens is 362 g/mol. The van der Waals surface area contributed by atoms with E-state index in [1.165, 1.54) is 10.6 Å². The van der Waals surface area contributed by atoms with Gasteiger partial charge in [0.05, 0.1) is 27.4 Å². The van der Waals surface area contributed by atoms with Crippen molar-refractivity contribution in [2.24, 2.45) is 4.99 Å². The molecule has 1 aromatic carbocycles. The van der Waals surface area contributed by atoms with Crippen molar-refractivity contribution in [1.29, 1.82) is 0 Å². The van der Waals surface area contributed by atoms with Gasteiger partial charge in [-0.05, 0) is 25.1 Å². The van der Waals surface area contributed by atoms with Crippen molar-refractivity contribution in [3.63, 3.8) is 0 Å². The number of methoxy groups -OCH3 is 2. The Morgan fingerprint density at radius 3 is 2.68 bits per heavy atom. The second-order valence-electron chi connectivity index (χ2n) is 6.59. The number of guanidine groups is 1. The van der Waals surface area contributed by atoms with E-state index in [1.54, 1.807) is 21.1 Å². The molecule has 0 spiro atoms. The highest BCUT2D eigenvalue weighted by Gasteiger charge is 2.30. The number of hydrogen-bond acceptors (Lipinski definition) is 8. The first-order valence-electron chi connectivity index (χ1n) is 9.10. The first-order valence-corrected chi connectivity index (χ1v) is 9.10. The van der Waals surface area contributed by atoms with Gasteiger partial charge in [-0.2, -0.15) is 0 Å². The summed E-state index contributed by atoms with van der Waals surface area (Å²) in [6.07, 6.45) is -0.625. The number of benzene rings is 1. The van der Waals surface area contributed by atoms with E-state index in [4.69, 9.17) is 19.2 Å². The van der Waals surface area contributed by atoms with E-state index >= 15 is 0 Å². The third kappa shape index (κ3) is 3.29. The zero-order valence-electron chi connectivity index (χ0n) is 16.1. The maximum absolute atomic E-state index is 12.8. The quantitative estimate of drug-likeness (QED) is 0.850. The van der Waals surface area contributed by atoms with Crippen molar-refractivity contribution < 1.29 is 14.2 Å². The highest BCUT2D eigenvalue weighted by atomic mass is 16.5. The molecule has 1 aromatic heterocycles. The summed E-state index contributed by atoms with van der Waals surface area (Å²) in [5.74, 6) is 2.40. The van der Waals surface area contributed by atoms with Crippen LogP contribution in [0.1, 0.15) is 17.4 Å². The lowest BCUT2D eigenvalue weighted by Crippen LogP contribution is -2.47. The predicted molar refractivity (Wildman–Crippen MR) is 104 cm³/mol. The minimum absolute atomic E-state index is 0.186. The van der Waals surface area contributed by atoms with Crippen LogP contribution in [-0.4, -0.2) is 60.9 Å². The first kappa shape index (κ1) is 18.3. The second kappa shape index (κ2) is 7.51. The maximum atomic E-state index is 12.8. The molecule has 9 heteroatoms. The minimum atomic E-state index is -0.625. The SMILES string of the molecule is COc1ccc(OC)c([C@H]2N=C(N3CCOCC3)Nc3nc(C)cc(=O)n32)c1. The van der Waals surface area contributed by atoms with Gasteiger partial charge in [0.2, 0.25) is 11.9 Å². The van der Waals surface area contributed by atoms with Gasteiger partial charge in [0.1, 0.15) is 11.5 Å². The smallest absolute Gasteiger partial charge is 0.257 e. The molecule has 148 valence electrons. The normalized spacial score (nSPS) is 18.8. The van der Waals surface area contributed by atoms with Crippen molar-refractivity contribution in [2.75, 3.05) is 45.8 Å². The predicted octanol–water partition coefficient (Wildman–Crippen LogP) is 1.23. The molecule has 3 heterocycles. The van der Waals surface area contributed by atoms with Gasteiger partial charge in [-0.1, -0.05) is 0 Å². The lowest BCUT2D eigenvalue weighted by Gasteiger charge is -2.34. The summed E-state index contributed by atoms with van der Waals surface area (Å²) < 4.78 is 17.9. The second-order valence-corrected chi connectivity index (χ2v) is 6.59. The van der Waals surface area contributed by atoms with Crippen LogP contribution in [-0.2, 0) is 4.74 Å². The fourth-order valence-corrected chi connectivity index (χ4v) is 3.42. The number of nitrogens with zero attached hydrogens (tertiary/aromatic N) is 4. The molecular formula is C19H23N5O4. The summed E-state index contributed by atoms with van der Waals surface area (Å²) in [5, 5.41) is 3.21. The van der Waals surface area contributed by atoms with E-state index in [0.29, 0.717) is 55.4 Å². The Bertz CT molecular complexity index is 965. The topological polar surface area (TPSA) is 90.2 Å². The Morgan fingerprint density at radius 1 is 1.18 bits per heavy atom. The standard InChI is InChI=1S/C19H23N5O4/c1-12-10-16(25)24-17(14-11-13(26-2)4-5-15(14)27-3)21-18(22-19(24)20-12)23-6-8-28-9-7-23/h4-5,10-11,17H,6-9H2,1-3H3,(H,20,21,22)/t17-/m0/s1. The molecule has 1 N–H and O–H groups in total. The van der Waals surface area contributed by atoms with Gasteiger partial charge < -0.3 is 19.1 Å². The molecule has 4 rings (SSSR count). The Labute approximate surface area is 162 Å². The fourth-order valence-electron chi connectivity index (χ4n) is 3.42. The van der Waals surface area contributed by atoms with E-state index in [1.807, 2.05) is 18.2 Å². The monoisotopic (exact) mass is 385 g/mol. The van der Waals surface area contributed by atoms with Crippen LogP contribution in [0.25, 0.3) is 0 Å². The molecule has 1 saturated heterocycles. The van der Waals surface area contributed by atoms with Crippen LogP contribution in [0.3, 0.4) is 0 Å². The number of fused-ring (bicyclic) bond motifs is 1. The third-order valence-corrected chi connectivity index (χ3v) is 4.82. The van der Waals surface area contributed by atoms with Crippen LogP contribution >= 0.6 is 0 Å². The number of aliphatic imine (C=N–C) groups is 1. The van der Waals surface area contributed by atoms with Crippen molar-refractivity contribution in [1.82, 2.24) is 14.5 Å². The van der Waals surface area contributed by atoms with Crippen LogP contribution in [0, 0.1) is 6.92 Å². The molecule has 2 aliphatic heterocycles. The molecule has 2 aromatic rings. The number of rotatable bonds is 3. The number of ether oxygens (including phenoxy) is 3. The maximum Gasteiger partial charge on any atom is 0.257 e. The largest absolute Gasteiger partial charge is 0.497 e. The van der Waals surface area contributed by atoms with Gasteiger partial charge in [0.15, 0.2) is 6.17 Å². The van der Waals surface area contributed by atoms with Crippen LogP contribution in [0.2, 0.25) is 0 Å². The highest BCUT2D eigenvalue weighted by molar-refractivity contribution is 5.93. The van der Waals surface area contributed by atoms with Crippen molar-refractivity contribution >= 4 is 11.9 Å². The summed E-state index contributed by atoms with van der Waals surface area (Å²) in [6.45, 7) is 4.47. The average molecular weight is 385 g/mol. The van der Waals surface area contributed by atoms with Gasteiger partial charge in [0, 0.05) is 30.4 Å². The minimum Gasteiger partial charge on any atom is -0.497 e. The van der Waals surface area contributed by atoms with Crippen LogP contribution < -0.4 is 20.3 Å². The number of nitrogens with one attached hydrogen (secondary N) is 1. The van der Waals surface area contributed by atoms with Gasteiger partial charge in [-0.25, -0.2) is 9.98 Å². The summed E-state index contributed by atoms with van der Waals surface area (Å²) in [7, 11) is 3.19. The molecule has 0 radical (unpaired) electrons. The fraction of sp³-hybridized carbons (Fsp3) is 0.421. The summed E-state index contributed by atoms with van der Waals surface area (Å²) in [5.41, 5.74) is 1.18. The van der Waals surface area contributed by atoms with Crippen molar-refractivity contribution in [3.05, 3.63) is 45.9 Å². The first-order chi connectivity index (χ1) is 13.6. The lowest BCUT2D eigenvalue weighted by atomic mass is 10.1. The number of anilines is 1. The number of aryl methyl sites for hydroxylation is 1. The van der Waals surface area contributed by atoms with E-state index in [2.05, 4.69) is 15.2 Å². The van der Waals surface area contributed by atoms with Crippen LogP contribution in [0.15, 0.2) is 34.1 Å². The zero-order valence-corrected chi connectivity index (χ0v) is 16.1. The van der Waals surface area contributed by atoms with Crippen molar-refractivity contribution in [2.45, 2.75) is 13.1 Å². The highest BCUT2D eigenvalue weighted by Crippen LogP contribution is 2.35. The third-order valence-electron chi connectivity index (χ3n) is 4.82. The van der Waals surface area contributed by atoms with Crippen LogP contribution in [0.4, 0.5) is 5.95 Å². The molecule has 9 nitrogen and oxygen atoms in total. The number of morpholine rings is 1. The Balaban J connectivity index is 1.88. The van der Waals surface area contributed by atoms with Gasteiger partial charge in [-0.15, -0.1) is 0 Å². The molecule has 28 heavy (non-hydrogen) atoms. The van der Waals surface area contributed by atoms with E-state index in [0.717, 1.165) is 5.56 Å². The molecule has 0 bridgehead atoms. The van der Waals surface area contributed by atoms with E-state index < -0.39 is 6.17 Å². The average Bonchev–Trinajstić information content (AvgIpc) is 2.72. The zero-order chi connectivity index (χ0) is 19.7. The van der Waals surface area contributed by atoms with E-state index in [9.17, 15) is 4.79 Å². The Kier molecular flexibility index (Phi) is 4.91. The molecule has 2 aliphatic rings. The van der Waals surface area contributed by atoms with Gasteiger partial charge in [0.25, 0.3) is 5.56 Å². The molecule has 0 aliphatic carbocycles. The van der Waals surface area contributed by atoms with Gasteiger partial charge in [-0.3, -0.25) is 14.7 Å². The number of hydrogen-bond donors (Lipinski definition) is 1. The Morgan fingerprint density at radius 2 is 1.96 bits per heavy atom.